The minimum Gasteiger partial charge on any atom is -0.298 e. The second-order valence-corrected chi connectivity index (χ2v) is 7.29. The Balaban J connectivity index is 2.11. The van der Waals surface area contributed by atoms with Crippen molar-refractivity contribution in [1.82, 2.24) is 4.57 Å². The summed E-state index contributed by atoms with van der Waals surface area (Å²) in [4.78, 5) is 11.9. The molecule has 0 aliphatic heterocycles. The number of aromatic nitrogens is 1. The predicted molar refractivity (Wildman–Crippen MR) is 96.0 cm³/mol. The van der Waals surface area contributed by atoms with Crippen LogP contribution in [0.4, 0.5) is 13.2 Å². The van der Waals surface area contributed by atoms with Crippen LogP contribution < -0.4 is 4.87 Å². The van der Waals surface area contributed by atoms with Gasteiger partial charge < -0.3 is 0 Å². The van der Waals surface area contributed by atoms with Crippen LogP contribution in [0.25, 0.3) is 21.3 Å². The van der Waals surface area contributed by atoms with Crippen molar-refractivity contribution in [2.24, 2.45) is 5.92 Å². The Morgan fingerprint density at radius 1 is 1.31 bits per heavy atom. The molecule has 0 fully saturated rings. The zero-order valence-electron chi connectivity index (χ0n) is 14.1. The van der Waals surface area contributed by atoms with Gasteiger partial charge in [0.1, 0.15) is 5.82 Å². The minimum absolute atomic E-state index is 0.106. The summed E-state index contributed by atoms with van der Waals surface area (Å²) in [6.07, 6.45) is 0. The number of rotatable bonds is 4. The number of thiazole rings is 1. The lowest BCUT2D eigenvalue weighted by molar-refractivity contribution is -0.0381. The summed E-state index contributed by atoms with van der Waals surface area (Å²) in [5.74, 6) is -4.44. The summed E-state index contributed by atoms with van der Waals surface area (Å²) >= 11 is 0.917. The van der Waals surface area contributed by atoms with Gasteiger partial charge in [0.2, 0.25) is 5.92 Å². The lowest BCUT2D eigenvalue weighted by atomic mass is 9.99. The zero-order valence-corrected chi connectivity index (χ0v) is 14.9. The molecule has 0 aliphatic carbocycles. The molecule has 0 radical (unpaired) electrons. The number of fused-ring (bicyclic) bond motifs is 1. The Labute approximate surface area is 151 Å². The van der Waals surface area contributed by atoms with E-state index in [1.807, 2.05) is 6.07 Å². The summed E-state index contributed by atoms with van der Waals surface area (Å²) < 4.78 is 43.0. The molecule has 0 spiro atoms. The van der Waals surface area contributed by atoms with Crippen molar-refractivity contribution in [2.45, 2.75) is 26.3 Å². The number of halogens is 3. The van der Waals surface area contributed by atoms with Crippen LogP contribution >= 0.6 is 11.3 Å². The van der Waals surface area contributed by atoms with Crippen molar-refractivity contribution in [1.29, 1.82) is 5.26 Å². The second kappa shape index (κ2) is 6.61. The van der Waals surface area contributed by atoms with E-state index >= 15 is 0 Å². The Bertz CT molecular complexity index is 1070. The fourth-order valence-corrected chi connectivity index (χ4v) is 3.68. The molecule has 1 unspecified atom stereocenters. The first-order valence-electron chi connectivity index (χ1n) is 7.92. The standard InChI is InChI=1S/C19H15F3N2OS/c1-11(19(2,21)22)10-24-15-7-6-12(8-16(15)26-18(24)25)17-13(9-23)4-3-5-14(17)20/h3-8,11H,10H2,1-2H3. The van der Waals surface area contributed by atoms with Crippen LogP contribution in [-0.2, 0) is 6.54 Å². The summed E-state index contributed by atoms with van der Waals surface area (Å²) in [5, 5.41) is 9.20. The van der Waals surface area contributed by atoms with Crippen molar-refractivity contribution in [3.8, 4) is 17.2 Å². The van der Waals surface area contributed by atoms with Gasteiger partial charge in [0.15, 0.2) is 0 Å². The molecule has 1 atom stereocenters. The molecule has 134 valence electrons. The molecule has 0 saturated heterocycles. The first-order chi connectivity index (χ1) is 12.2. The van der Waals surface area contributed by atoms with Crippen LogP contribution in [0.1, 0.15) is 19.4 Å². The number of nitrogens with zero attached hydrogens (tertiary/aromatic N) is 2. The predicted octanol–water partition coefficient (Wildman–Crippen LogP) is 5.03. The van der Waals surface area contributed by atoms with Crippen molar-refractivity contribution < 1.29 is 13.2 Å². The van der Waals surface area contributed by atoms with Gasteiger partial charge in [-0.15, -0.1) is 0 Å². The van der Waals surface area contributed by atoms with E-state index < -0.39 is 17.7 Å². The maximum absolute atomic E-state index is 14.2. The highest BCUT2D eigenvalue weighted by Crippen LogP contribution is 2.31. The van der Waals surface area contributed by atoms with Crippen molar-refractivity contribution in [3.05, 3.63) is 57.4 Å². The molecular formula is C19H15F3N2OS. The van der Waals surface area contributed by atoms with Gasteiger partial charge in [0, 0.05) is 18.0 Å². The smallest absolute Gasteiger partial charge is 0.298 e. The van der Waals surface area contributed by atoms with E-state index in [0.717, 1.165) is 18.3 Å². The van der Waals surface area contributed by atoms with E-state index in [1.165, 1.54) is 29.7 Å². The third-order valence-electron chi connectivity index (χ3n) is 4.41. The third-order valence-corrected chi connectivity index (χ3v) is 5.35. The van der Waals surface area contributed by atoms with Crippen molar-refractivity contribution in [2.75, 3.05) is 0 Å². The molecule has 26 heavy (non-hydrogen) atoms. The molecule has 2 aromatic carbocycles. The summed E-state index contributed by atoms with van der Waals surface area (Å²) in [6, 6.07) is 11.0. The van der Waals surface area contributed by atoms with Gasteiger partial charge in [-0.1, -0.05) is 30.4 Å². The SMILES string of the molecule is CC(Cn1c(=O)sc2cc(-c3c(F)cccc3C#N)ccc21)C(C)(F)F. The lowest BCUT2D eigenvalue weighted by Gasteiger charge is -2.19. The third kappa shape index (κ3) is 3.25. The highest BCUT2D eigenvalue weighted by Gasteiger charge is 2.31. The fraction of sp³-hybridized carbons (Fsp3) is 0.263. The van der Waals surface area contributed by atoms with Gasteiger partial charge >= 0.3 is 4.87 Å². The Kier molecular flexibility index (Phi) is 4.63. The number of hydrogen-bond donors (Lipinski definition) is 0. The first kappa shape index (κ1) is 18.2. The van der Waals surface area contributed by atoms with E-state index in [9.17, 15) is 23.2 Å². The maximum atomic E-state index is 14.2. The Morgan fingerprint density at radius 2 is 2.04 bits per heavy atom. The monoisotopic (exact) mass is 376 g/mol. The van der Waals surface area contributed by atoms with Crippen LogP contribution in [0.15, 0.2) is 41.2 Å². The highest BCUT2D eigenvalue weighted by molar-refractivity contribution is 7.16. The van der Waals surface area contributed by atoms with Gasteiger partial charge in [-0.3, -0.25) is 9.36 Å². The summed E-state index contributed by atoms with van der Waals surface area (Å²) in [6.45, 7) is 2.12. The van der Waals surface area contributed by atoms with Crippen LogP contribution in [0.3, 0.4) is 0 Å². The highest BCUT2D eigenvalue weighted by atomic mass is 32.1. The molecule has 3 aromatic rings. The van der Waals surface area contributed by atoms with Crippen LogP contribution in [0.5, 0.6) is 0 Å². The molecule has 7 heteroatoms. The van der Waals surface area contributed by atoms with Gasteiger partial charge in [0.25, 0.3) is 0 Å². The minimum atomic E-state index is -2.90. The molecule has 1 aromatic heterocycles. The Morgan fingerprint density at radius 3 is 2.69 bits per heavy atom. The average Bonchev–Trinajstić information content (AvgIpc) is 2.88. The molecule has 0 N–H and O–H groups in total. The van der Waals surface area contributed by atoms with E-state index in [4.69, 9.17) is 0 Å². The van der Waals surface area contributed by atoms with E-state index in [2.05, 4.69) is 0 Å². The normalized spacial score (nSPS) is 12.9. The number of nitriles is 1. The summed E-state index contributed by atoms with van der Waals surface area (Å²) in [5.41, 5.74) is 1.34. The maximum Gasteiger partial charge on any atom is 0.308 e. The average molecular weight is 376 g/mol. The van der Waals surface area contributed by atoms with Gasteiger partial charge in [-0.2, -0.15) is 5.26 Å². The summed E-state index contributed by atoms with van der Waals surface area (Å²) in [7, 11) is 0. The van der Waals surface area contributed by atoms with Crippen molar-refractivity contribution in [3.63, 3.8) is 0 Å². The second-order valence-electron chi connectivity index (χ2n) is 6.29. The molecule has 1 heterocycles. The number of alkyl halides is 2. The van der Waals surface area contributed by atoms with Crippen LogP contribution in [-0.4, -0.2) is 10.5 Å². The molecule has 0 saturated carbocycles. The molecule has 3 rings (SSSR count). The molecule has 0 amide bonds. The zero-order chi connectivity index (χ0) is 19.1. The number of benzene rings is 2. The largest absolute Gasteiger partial charge is 0.308 e. The first-order valence-corrected chi connectivity index (χ1v) is 8.74. The van der Waals surface area contributed by atoms with Gasteiger partial charge in [-0.25, -0.2) is 13.2 Å². The molecule has 3 nitrogen and oxygen atoms in total. The quantitative estimate of drug-likeness (QED) is 0.641. The topological polar surface area (TPSA) is 45.8 Å². The van der Waals surface area contributed by atoms with Crippen LogP contribution in [0, 0.1) is 23.1 Å². The molecule has 0 bridgehead atoms. The fourth-order valence-electron chi connectivity index (χ4n) is 2.74. The van der Waals surface area contributed by atoms with E-state index in [-0.39, 0.29) is 22.5 Å². The lowest BCUT2D eigenvalue weighted by Crippen LogP contribution is -2.28. The van der Waals surface area contributed by atoms with E-state index in [0.29, 0.717) is 15.8 Å². The molecule has 0 aliphatic rings. The van der Waals surface area contributed by atoms with E-state index in [1.54, 1.807) is 18.2 Å². The van der Waals surface area contributed by atoms with Crippen LogP contribution in [0.2, 0.25) is 0 Å². The Hall–Kier alpha value is -2.59. The van der Waals surface area contributed by atoms with Gasteiger partial charge in [-0.05, 0) is 36.8 Å². The number of hydrogen-bond acceptors (Lipinski definition) is 3. The molecular weight excluding hydrogens is 361 g/mol. The van der Waals surface area contributed by atoms with Crippen molar-refractivity contribution >= 4 is 21.6 Å². The van der Waals surface area contributed by atoms with Gasteiger partial charge in [0.05, 0.1) is 21.8 Å².